The molecule has 0 aromatic carbocycles. The van der Waals surface area contributed by atoms with Crippen molar-refractivity contribution in [3.8, 4) is 0 Å². The van der Waals surface area contributed by atoms with Crippen molar-refractivity contribution in [2.24, 2.45) is 29.1 Å². The van der Waals surface area contributed by atoms with Gasteiger partial charge in [0.2, 0.25) is 15.9 Å². The first-order chi connectivity index (χ1) is 16.3. The Morgan fingerprint density at radius 2 is 1.81 bits per heavy atom. The lowest BCUT2D eigenvalue weighted by atomic mass is 9.43. The molecule has 4 rings (SSSR count). The van der Waals surface area contributed by atoms with Gasteiger partial charge in [0.25, 0.3) is 0 Å². The lowest BCUT2D eigenvalue weighted by Gasteiger charge is -2.64. The van der Waals surface area contributed by atoms with Crippen molar-refractivity contribution in [1.29, 1.82) is 0 Å². The number of sulfonamides is 1. The van der Waals surface area contributed by atoms with Crippen molar-refractivity contribution in [1.82, 2.24) is 10.0 Å². The zero-order valence-electron chi connectivity index (χ0n) is 23.3. The molecule has 1 saturated heterocycles. The van der Waals surface area contributed by atoms with Crippen molar-refractivity contribution < 1.29 is 32.1 Å². The molecule has 206 valence electrons. The quantitative estimate of drug-likeness (QED) is 0.331. The Morgan fingerprint density at radius 3 is 2.33 bits per heavy atom. The summed E-state index contributed by atoms with van der Waals surface area (Å²) < 4.78 is 44.2. The fraction of sp³-hybridized carbons (Fsp3) is 0.920. The number of esters is 1. The van der Waals surface area contributed by atoms with Gasteiger partial charge in [-0.25, -0.2) is 13.1 Å². The van der Waals surface area contributed by atoms with Crippen LogP contribution in [0.5, 0.6) is 0 Å². The highest BCUT2D eigenvalue weighted by atomic mass is 32.2. The summed E-state index contributed by atoms with van der Waals surface area (Å²) in [5.41, 5.74) is -0.916. The van der Waals surface area contributed by atoms with E-state index in [4.69, 9.17) is 14.0 Å². The Kier molecular flexibility index (Phi) is 8.32. The molecule has 1 aliphatic heterocycles. The average molecular weight is 529 g/mol. The minimum atomic E-state index is -3.55. The Morgan fingerprint density at radius 1 is 1.17 bits per heavy atom. The summed E-state index contributed by atoms with van der Waals surface area (Å²) in [6, 6.07) is 0. The molecular weight excluding hydrogens is 483 g/mol. The van der Waals surface area contributed by atoms with E-state index in [1.807, 2.05) is 0 Å². The summed E-state index contributed by atoms with van der Waals surface area (Å²) in [6.07, 6.45) is 3.45. The third kappa shape index (κ3) is 6.63. The van der Waals surface area contributed by atoms with E-state index in [-0.39, 0.29) is 30.4 Å². The Balaban J connectivity index is 1.75. The van der Waals surface area contributed by atoms with E-state index in [9.17, 15) is 18.0 Å². The van der Waals surface area contributed by atoms with Gasteiger partial charge in [-0.2, -0.15) is 0 Å². The number of rotatable bonds is 10. The first kappa shape index (κ1) is 29.4. The Labute approximate surface area is 217 Å². The minimum absolute atomic E-state index is 0.0182. The van der Waals surface area contributed by atoms with E-state index in [1.54, 1.807) is 20.8 Å². The van der Waals surface area contributed by atoms with Crippen LogP contribution in [0, 0.1) is 29.1 Å². The number of hydrogen-bond donors (Lipinski definition) is 2. The van der Waals surface area contributed by atoms with Gasteiger partial charge in [-0.05, 0) is 70.1 Å². The van der Waals surface area contributed by atoms with Crippen LogP contribution in [0.15, 0.2) is 0 Å². The number of amides is 1. The molecule has 0 radical (unpaired) electrons. The fourth-order valence-electron chi connectivity index (χ4n) is 6.21. The van der Waals surface area contributed by atoms with Crippen molar-refractivity contribution >= 4 is 29.0 Å². The van der Waals surface area contributed by atoms with E-state index >= 15 is 0 Å². The second kappa shape index (κ2) is 10.2. The number of nitrogens with one attached hydrogen (secondary N) is 2. The molecule has 0 aromatic rings. The highest BCUT2D eigenvalue weighted by Crippen LogP contribution is 2.65. The Bertz CT molecular complexity index is 949. The zero-order chi connectivity index (χ0) is 27.3. The molecule has 4 fully saturated rings. The molecular formula is C25H45BN2O7S. The summed E-state index contributed by atoms with van der Waals surface area (Å²) in [4.78, 5) is 25.9. The van der Waals surface area contributed by atoms with Crippen LogP contribution >= 0.6 is 0 Å². The highest BCUT2D eigenvalue weighted by molar-refractivity contribution is 7.88. The van der Waals surface area contributed by atoms with Crippen LogP contribution in [0.1, 0.15) is 81.1 Å². The van der Waals surface area contributed by atoms with E-state index in [2.05, 4.69) is 44.7 Å². The van der Waals surface area contributed by atoms with Gasteiger partial charge in [0.05, 0.1) is 36.2 Å². The third-order valence-corrected chi connectivity index (χ3v) is 8.84. The predicted molar refractivity (Wildman–Crippen MR) is 138 cm³/mol. The molecule has 9 nitrogen and oxygen atoms in total. The molecule has 3 aliphatic carbocycles. The van der Waals surface area contributed by atoms with Crippen LogP contribution < -0.4 is 10.0 Å². The van der Waals surface area contributed by atoms with Gasteiger partial charge in [-0.15, -0.1) is 0 Å². The molecule has 2 N–H and O–H groups in total. The molecule has 1 amide bonds. The molecule has 3 saturated carbocycles. The molecule has 4 aliphatic rings. The first-order valence-corrected chi connectivity index (χ1v) is 15.0. The normalized spacial score (nSPS) is 30.8. The average Bonchev–Trinajstić information content (AvgIpc) is 3.05. The summed E-state index contributed by atoms with van der Waals surface area (Å²) in [5, 5.41) is 3.04. The standard InChI is InChI=1S/C25H45BN2O7S/c1-15(2)10-20(26-34-19-13-17-12-18(24(17,6)7)25(19,8)35-26)28-22(30)16(14-27-36(9,31)32)11-21(29)33-23(3,4)5/h15-20,27H,10-14H2,1-9H3,(H,28,30)/t16-,17-,18-,19+,20-,25-/m0/s1. The monoisotopic (exact) mass is 528 g/mol. The SMILES string of the molecule is CC(C)C[C@H](NC(=O)[C@H](CNS(C)(=O)=O)CC(=O)OC(C)(C)C)B1O[C@@H]2C[C@@H]3C[C@@H](C3(C)C)[C@]2(C)O1. The highest BCUT2D eigenvalue weighted by Gasteiger charge is 2.68. The molecule has 2 bridgehead atoms. The lowest BCUT2D eigenvalue weighted by molar-refractivity contribution is -0.199. The van der Waals surface area contributed by atoms with Gasteiger partial charge in [0.1, 0.15) is 5.60 Å². The van der Waals surface area contributed by atoms with Crippen LogP contribution in [-0.2, 0) is 33.7 Å². The summed E-state index contributed by atoms with van der Waals surface area (Å²) in [5.74, 6) is -1.10. The number of ether oxygens (including phenoxy) is 1. The van der Waals surface area contributed by atoms with Crippen molar-refractivity contribution in [3.05, 3.63) is 0 Å². The smallest absolute Gasteiger partial charge is 0.460 e. The van der Waals surface area contributed by atoms with Gasteiger partial charge in [-0.1, -0.05) is 27.7 Å². The summed E-state index contributed by atoms with van der Waals surface area (Å²) in [6.45, 7) is 15.9. The number of hydrogen-bond acceptors (Lipinski definition) is 7. The molecule has 0 spiro atoms. The molecule has 11 heteroatoms. The van der Waals surface area contributed by atoms with Crippen molar-refractivity contribution in [2.75, 3.05) is 12.8 Å². The van der Waals surface area contributed by atoms with Gasteiger partial charge in [-0.3, -0.25) is 9.59 Å². The molecule has 0 aromatic heterocycles. The minimum Gasteiger partial charge on any atom is -0.460 e. The summed E-state index contributed by atoms with van der Waals surface area (Å²) in [7, 11) is -4.16. The van der Waals surface area contributed by atoms with Crippen LogP contribution in [0.3, 0.4) is 0 Å². The van der Waals surface area contributed by atoms with E-state index in [0.717, 1.165) is 19.1 Å². The predicted octanol–water partition coefficient (Wildman–Crippen LogP) is 2.68. The fourth-order valence-corrected chi connectivity index (χ4v) is 6.72. The summed E-state index contributed by atoms with van der Waals surface area (Å²) >= 11 is 0. The number of carbonyl (C=O) groups is 2. The van der Waals surface area contributed by atoms with E-state index in [1.165, 1.54) is 0 Å². The van der Waals surface area contributed by atoms with Gasteiger partial charge in [0.15, 0.2) is 0 Å². The molecule has 1 heterocycles. The van der Waals surface area contributed by atoms with Crippen LogP contribution in [-0.4, -0.2) is 63.5 Å². The molecule has 6 atom stereocenters. The molecule has 36 heavy (non-hydrogen) atoms. The zero-order valence-corrected chi connectivity index (χ0v) is 24.2. The van der Waals surface area contributed by atoms with Gasteiger partial charge in [0, 0.05) is 6.54 Å². The van der Waals surface area contributed by atoms with Gasteiger partial charge < -0.3 is 19.4 Å². The first-order valence-electron chi connectivity index (χ1n) is 13.1. The molecule has 0 unspecified atom stereocenters. The maximum Gasteiger partial charge on any atom is 0.481 e. The number of carbonyl (C=O) groups excluding carboxylic acids is 2. The van der Waals surface area contributed by atoms with E-state index in [0.29, 0.717) is 18.3 Å². The maximum atomic E-state index is 13.4. The second-order valence-corrected chi connectivity index (χ2v) is 15.0. The largest absolute Gasteiger partial charge is 0.481 e. The Hall–Kier alpha value is -1.17. The van der Waals surface area contributed by atoms with Crippen molar-refractivity contribution in [3.63, 3.8) is 0 Å². The van der Waals surface area contributed by atoms with E-state index < -0.39 is 52.1 Å². The third-order valence-electron chi connectivity index (χ3n) is 8.15. The van der Waals surface area contributed by atoms with Gasteiger partial charge >= 0.3 is 13.1 Å². The maximum absolute atomic E-state index is 13.4. The van der Waals surface area contributed by atoms with Crippen LogP contribution in [0.2, 0.25) is 0 Å². The topological polar surface area (TPSA) is 120 Å². The second-order valence-electron chi connectivity index (χ2n) is 13.2. The lowest BCUT2D eigenvalue weighted by Crippen LogP contribution is -2.65. The van der Waals surface area contributed by atoms with Crippen LogP contribution in [0.25, 0.3) is 0 Å². The van der Waals surface area contributed by atoms with Crippen molar-refractivity contribution in [2.45, 2.75) is 104 Å². The van der Waals surface area contributed by atoms with Crippen LogP contribution in [0.4, 0.5) is 0 Å².